The van der Waals surface area contributed by atoms with Crippen molar-refractivity contribution in [1.82, 2.24) is 10.6 Å². The molecule has 0 aliphatic carbocycles. The molecule has 0 spiro atoms. The third-order valence-corrected chi connectivity index (χ3v) is 8.18. The van der Waals surface area contributed by atoms with Gasteiger partial charge in [-0.1, -0.05) is 0 Å². The predicted octanol–water partition coefficient (Wildman–Crippen LogP) is -6.81. The van der Waals surface area contributed by atoms with Crippen molar-refractivity contribution < 1.29 is 59.1 Å². The van der Waals surface area contributed by atoms with Crippen LogP contribution in [0.15, 0.2) is 0 Å². The van der Waals surface area contributed by atoms with E-state index < -0.39 is 117 Å². The lowest BCUT2D eigenvalue weighted by Gasteiger charge is -2.51. The van der Waals surface area contributed by atoms with Crippen molar-refractivity contribution in [2.45, 2.75) is 124 Å². The van der Waals surface area contributed by atoms with Crippen molar-refractivity contribution >= 4 is 5.91 Å². The van der Waals surface area contributed by atoms with E-state index in [9.17, 15) is 30.3 Å². The number of aliphatic hydroxyl groups excluding tert-OH is 6. The molecule has 0 saturated carbocycles. The lowest BCUT2D eigenvalue weighted by Crippen LogP contribution is -2.70. The van der Waals surface area contributed by atoms with E-state index in [4.69, 9.17) is 51.7 Å². The minimum absolute atomic E-state index is 0.0254. The molecule has 18 nitrogen and oxygen atoms in total. The normalized spacial score (nSPS) is 41.1. The van der Waals surface area contributed by atoms with Gasteiger partial charge < -0.3 is 87.9 Å². The lowest BCUT2D eigenvalue weighted by molar-refractivity contribution is -0.371. The number of likely N-dealkylation sites (N-methyl/N-ethyl adjacent to an activating group) is 1. The minimum atomic E-state index is -1.65. The highest BCUT2D eigenvalue weighted by Crippen LogP contribution is 2.34. The number of nitrogens with two attached hydrogens (primary N) is 4. The second kappa shape index (κ2) is 16.4. The lowest BCUT2D eigenvalue weighted by atomic mass is 9.90. The molecule has 12 unspecified atom stereocenters. The van der Waals surface area contributed by atoms with Crippen LogP contribution in [-0.4, -0.2) is 161 Å². The van der Waals surface area contributed by atoms with Gasteiger partial charge in [0.05, 0.1) is 49.7 Å². The number of carbonyl (C=O) groups is 1. The maximum atomic E-state index is 12.0. The first-order valence-corrected chi connectivity index (χ1v) is 14.5. The van der Waals surface area contributed by atoms with Crippen LogP contribution in [0.1, 0.15) is 26.2 Å². The van der Waals surface area contributed by atoms with Gasteiger partial charge in [-0.05, 0) is 26.8 Å². The number of hydrogen-bond acceptors (Lipinski definition) is 17. The van der Waals surface area contributed by atoms with E-state index in [1.54, 1.807) is 14.0 Å². The molecule has 3 saturated heterocycles. The molecule has 3 rings (SSSR count). The van der Waals surface area contributed by atoms with Crippen molar-refractivity contribution in [2.75, 3.05) is 26.8 Å². The zero-order valence-electron chi connectivity index (χ0n) is 24.4. The Balaban J connectivity index is 1.64. The summed E-state index contributed by atoms with van der Waals surface area (Å²) in [6.45, 7) is 0.656. The van der Waals surface area contributed by atoms with Gasteiger partial charge >= 0.3 is 0 Å². The van der Waals surface area contributed by atoms with Crippen molar-refractivity contribution in [3.05, 3.63) is 0 Å². The van der Waals surface area contributed by atoms with Crippen molar-refractivity contribution in [1.29, 1.82) is 0 Å². The molecule has 16 N–H and O–H groups in total. The summed E-state index contributed by atoms with van der Waals surface area (Å²) in [4.78, 5) is 12.0. The van der Waals surface area contributed by atoms with Crippen molar-refractivity contribution in [3.8, 4) is 0 Å². The van der Waals surface area contributed by atoms with Gasteiger partial charge in [0.15, 0.2) is 18.9 Å². The molecule has 0 aromatic carbocycles. The number of rotatable bonds is 14. The Morgan fingerprint density at radius 3 is 2.30 bits per heavy atom. The van der Waals surface area contributed by atoms with Gasteiger partial charge in [0.2, 0.25) is 5.91 Å². The first-order chi connectivity index (χ1) is 20.4. The Labute approximate surface area is 249 Å². The quantitative estimate of drug-likeness (QED) is 0.0852. The van der Waals surface area contributed by atoms with E-state index in [1.165, 1.54) is 0 Å². The van der Waals surface area contributed by atoms with Gasteiger partial charge in [0.25, 0.3) is 0 Å². The smallest absolute Gasteiger partial charge is 0.221 e. The van der Waals surface area contributed by atoms with Gasteiger partial charge in [0, 0.05) is 25.0 Å². The highest BCUT2D eigenvalue weighted by Gasteiger charge is 2.53. The first kappa shape index (κ1) is 36.3. The maximum absolute atomic E-state index is 12.0. The Bertz CT molecular complexity index is 864. The molecular weight excluding hydrogens is 576 g/mol. The molecule has 18 heteroatoms. The Morgan fingerprint density at radius 1 is 1.00 bits per heavy atom. The Morgan fingerprint density at radius 2 is 1.70 bits per heavy atom. The van der Waals surface area contributed by atoms with Gasteiger partial charge in [-0.3, -0.25) is 4.79 Å². The largest absolute Gasteiger partial charge is 0.394 e. The van der Waals surface area contributed by atoms with Gasteiger partial charge in [-0.2, -0.15) is 0 Å². The third-order valence-electron chi connectivity index (χ3n) is 8.18. The number of carbonyl (C=O) groups excluding carboxylic acids is 1. The molecule has 0 bridgehead atoms. The van der Waals surface area contributed by atoms with Crippen LogP contribution in [0.25, 0.3) is 0 Å². The number of nitrogens with one attached hydrogen (secondary N) is 2. The van der Waals surface area contributed by atoms with Crippen LogP contribution in [0.3, 0.4) is 0 Å². The van der Waals surface area contributed by atoms with Crippen molar-refractivity contribution in [3.63, 3.8) is 0 Å². The summed E-state index contributed by atoms with van der Waals surface area (Å²) in [5.74, 6) is -0.489. The van der Waals surface area contributed by atoms with Crippen LogP contribution in [-0.2, 0) is 28.5 Å². The highest BCUT2D eigenvalue weighted by atomic mass is 16.8. The predicted molar refractivity (Wildman–Crippen MR) is 147 cm³/mol. The molecule has 3 aliphatic rings. The van der Waals surface area contributed by atoms with E-state index >= 15 is 0 Å². The zero-order chi connectivity index (χ0) is 32.0. The van der Waals surface area contributed by atoms with Gasteiger partial charge in [-0.25, -0.2) is 0 Å². The maximum Gasteiger partial charge on any atom is 0.221 e. The SMILES string of the molecule is CNC1C(OC2OC(CO)C(NC(=O)CCN)C(O)C2O)O[C@H]2C[C@H](N)C(O[C@@H](C)C(N)CC(N)[C@@H](O)CO)OC2C1O. The zero-order valence-corrected chi connectivity index (χ0v) is 24.4. The summed E-state index contributed by atoms with van der Waals surface area (Å²) >= 11 is 0. The molecule has 0 aromatic heterocycles. The average molecular weight is 627 g/mol. The number of amides is 1. The Hall–Kier alpha value is -1.17. The summed E-state index contributed by atoms with van der Waals surface area (Å²) in [5, 5.41) is 66.8. The summed E-state index contributed by atoms with van der Waals surface area (Å²) in [5.41, 5.74) is 23.8. The molecule has 252 valence electrons. The number of fused-ring (bicyclic) bond motifs is 1. The summed E-state index contributed by atoms with van der Waals surface area (Å²) in [6, 6.07) is -4.12. The molecule has 16 atom stereocenters. The average Bonchev–Trinajstić information content (AvgIpc) is 2.97. The van der Waals surface area contributed by atoms with Crippen LogP contribution < -0.4 is 33.6 Å². The molecular formula is C25H50N6O12. The monoisotopic (exact) mass is 626 g/mol. The van der Waals surface area contributed by atoms with Crippen LogP contribution in [0.4, 0.5) is 0 Å². The molecule has 3 heterocycles. The first-order valence-electron chi connectivity index (χ1n) is 14.5. The molecule has 3 fully saturated rings. The number of aliphatic hydroxyl groups is 6. The van der Waals surface area contributed by atoms with Crippen LogP contribution in [0.2, 0.25) is 0 Å². The highest BCUT2D eigenvalue weighted by molar-refractivity contribution is 5.76. The fourth-order valence-corrected chi connectivity index (χ4v) is 5.48. The van der Waals surface area contributed by atoms with E-state index in [-0.39, 0.29) is 25.8 Å². The fraction of sp³-hybridized carbons (Fsp3) is 0.960. The van der Waals surface area contributed by atoms with Gasteiger partial charge in [0.1, 0.15) is 30.5 Å². The Kier molecular flexibility index (Phi) is 13.9. The van der Waals surface area contributed by atoms with Crippen molar-refractivity contribution in [2.24, 2.45) is 22.9 Å². The molecule has 0 aromatic rings. The molecule has 3 aliphatic heterocycles. The third kappa shape index (κ3) is 8.76. The fourth-order valence-electron chi connectivity index (χ4n) is 5.48. The van der Waals surface area contributed by atoms with Crippen LogP contribution >= 0.6 is 0 Å². The number of hydrogen-bond donors (Lipinski definition) is 12. The second-order valence-corrected chi connectivity index (χ2v) is 11.3. The van der Waals surface area contributed by atoms with E-state index in [0.29, 0.717) is 0 Å². The van der Waals surface area contributed by atoms with E-state index in [1.807, 2.05) is 0 Å². The van der Waals surface area contributed by atoms with Crippen LogP contribution in [0.5, 0.6) is 0 Å². The standard InChI is InChI=1S/C25H50N6O12/c1-9(10(27)5-11(28)13(34)7-32)39-23-12(29)6-14-22(42-23)20(37)18(30-2)24(40-14)43-25-21(38)19(36)17(15(8-33)41-25)31-16(35)3-4-26/h9-15,17-25,30,32-34,36-38H,3-8,26-29H2,1-2H3,(H,31,35)/t9-,10?,11?,12-,13-,14-,15?,17?,18?,19?,20?,21?,22?,23?,24?,25?/m0/s1. The number of ether oxygens (including phenoxy) is 5. The minimum Gasteiger partial charge on any atom is -0.394 e. The topological polar surface area (TPSA) is 313 Å². The van der Waals surface area contributed by atoms with Gasteiger partial charge in [-0.15, -0.1) is 0 Å². The summed E-state index contributed by atoms with van der Waals surface area (Å²) in [7, 11) is 1.55. The molecule has 43 heavy (non-hydrogen) atoms. The van der Waals surface area contributed by atoms with E-state index in [0.717, 1.165) is 0 Å². The van der Waals surface area contributed by atoms with Crippen LogP contribution in [0, 0.1) is 0 Å². The molecule has 1 amide bonds. The molecule has 0 radical (unpaired) electrons. The second-order valence-electron chi connectivity index (χ2n) is 11.3. The summed E-state index contributed by atoms with van der Waals surface area (Å²) in [6.07, 6.45) is -12.3. The summed E-state index contributed by atoms with van der Waals surface area (Å²) < 4.78 is 29.6. The van der Waals surface area contributed by atoms with E-state index in [2.05, 4.69) is 10.6 Å².